The third kappa shape index (κ3) is 3.83. The standard InChI is InChI=1S/C17H24N2OS/c1-6-20-15-8-7-12(17(2,3)4)9-13(15)14-11-21-16(19-14)10-18-5/h7-9,11,18H,6,10H2,1-5H3. The molecule has 0 radical (unpaired) electrons. The molecule has 0 atom stereocenters. The molecule has 0 fully saturated rings. The van der Waals surface area contributed by atoms with E-state index in [1.165, 1.54) is 5.56 Å². The molecule has 0 unspecified atom stereocenters. The van der Waals surface area contributed by atoms with Crippen molar-refractivity contribution in [2.75, 3.05) is 13.7 Å². The molecule has 1 aromatic carbocycles. The Bertz CT molecular complexity index is 599. The van der Waals surface area contributed by atoms with Crippen LogP contribution < -0.4 is 10.1 Å². The number of hydrogen-bond acceptors (Lipinski definition) is 4. The summed E-state index contributed by atoms with van der Waals surface area (Å²) < 4.78 is 5.78. The number of ether oxygens (including phenoxy) is 1. The van der Waals surface area contributed by atoms with Gasteiger partial charge in [0.25, 0.3) is 0 Å². The lowest BCUT2D eigenvalue weighted by molar-refractivity contribution is 0.341. The van der Waals surface area contributed by atoms with E-state index in [-0.39, 0.29) is 5.41 Å². The molecule has 0 saturated heterocycles. The van der Waals surface area contributed by atoms with Gasteiger partial charge in [-0.2, -0.15) is 0 Å². The first-order chi connectivity index (χ1) is 9.95. The van der Waals surface area contributed by atoms with Crippen LogP contribution in [0, 0.1) is 0 Å². The number of benzene rings is 1. The first-order valence-corrected chi connectivity index (χ1v) is 8.20. The molecule has 3 nitrogen and oxygen atoms in total. The molecule has 0 spiro atoms. The lowest BCUT2D eigenvalue weighted by Gasteiger charge is -2.21. The highest BCUT2D eigenvalue weighted by molar-refractivity contribution is 7.09. The Balaban J connectivity index is 2.46. The highest BCUT2D eigenvalue weighted by atomic mass is 32.1. The number of rotatable bonds is 5. The molecule has 2 rings (SSSR count). The van der Waals surface area contributed by atoms with Gasteiger partial charge in [-0.05, 0) is 37.1 Å². The van der Waals surface area contributed by atoms with E-state index >= 15 is 0 Å². The maximum Gasteiger partial charge on any atom is 0.128 e. The van der Waals surface area contributed by atoms with E-state index in [4.69, 9.17) is 9.72 Å². The van der Waals surface area contributed by atoms with Gasteiger partial charge >= 0.3 is 0 Å². The topological polar surface area (TPSA) is 34.1 Å². The maximum atomic E-state index is 5.78. The fourth-order valence-electron chi connectivity index (χ4n) is 2.15. The summed E-state index contributed by atoms with van der Waals surface area (Å²) in [5.41, 5.74) is 3.50. The average Bonchev–Trinajstić information content (AvgIpc) is 2.87. The molecule has 1 heterocycles. The molecular weight excluding hydrogens is 280 g/mol. The van der Waals surface area contributed by atoms with Gasteiger partial charge in [-0.3, -0.25) is 0 Å². The Morgan fingerprint density at radius 1 is 1.29 bits per heavy atom. The molecule has 1 aromatic heterocycles. The fraction of sp³-hybridized carbons (Fsp3) is 0.471. The predicted molar refractivity (Wildman–Crippen MR) is 90.2 cm³/mol. The molecule has 1 N–H and O–H groups in total. The van der Waals surface area contributed by atoms with Crippen molar-refractivity contribution < 1.29 is 4.74 Å². The third-order valence-electron chi connectivity index (χ3n) is 3.30. The summed E-state index contributed by atoms with van der Waals surface area (Å²) in [5.74, 6) is 0.909. The van der Waals surface area contributed by atoms with Crippen molar-refractivity contribution in [3.05, 3.63) is 34.2 Å². The molecular formula is C17H24N2OS. The van der Waals surface area contributed by atoms with Crippen LogP contribution in [0.4, 0.5) is 0 Å². The van der Waals surface area contributed by atoms with Gasteiger partial charge in [0.15, 0.2) is 0 Å². The van der Waals surface area contributed by atoms with Crippen LogP contribution in [0.1, 0.15) is 38.3 Å². The summed E-state index contributed by atoms with van der Waals surface area (Å²) in [7, 11) is 1.94. The third-order valence-corrected chi connectivity index (χ3v) is 4.15. The van der Waals surface area contributed by atoms with Crippen LogP contribution in [0.5, 0.6) is 5.75 Å². The Morgan fingerprint density at radius 3 is 2.67 bits per heavy atom. The molecule has 0 aliphatic heterocycles. The van der Waals surface area contributed by atoms with Gasteiger partial charge < -0.3 is 10.1 Å². The normalized spacial score (nSPS) is 11.7. The van der Waals surface area contributed by atoms with E-state index in [2.05, 4.69) is 49.7 Å². The predicted octanol–water partition coefficient (Wildman–Crippen LogP) is 4.23. The summed E-state index contributed by atoms with van der Waals surface area (Å²) >= 11 is 1.68. The Kier molecular flexibility index (Phi) is 5.01. The number of nitrogens with zero attached hydrogens (tertiary/aromatic N) is 1. The summed E-state index contributed by atoms with van der Waals surface area (Å²) in [5, 5.41) is 6.34. The molecule has 2 aromatic rings. The molecule has 4 heteroatoms. The van der Waals surface area contributed by atoms with Gasteiger partial charge in [-0.15, -0.1) is 11.3 Å². The summed E-state index contributed by atoms with van der Waals surface area (Å²) in [4.78, 5) is 4.71. The maximum absolute atomic E-state index is 5.78. The SMILES string of the molecule is CCOc1ccc(C(C)(C)C)cc1-c1csc(CNC)n1. The number of aromatic nitrogens is 1. The summed E-state index contributed by atoms with van der Waals surface area (Å²) in [6.07, 6.45) is 0. The van der Waals surface area contributed by atoms with Gasteiger partial charge in [0, 0.05) is 17.5 Å². The van der Waals surface area contributed by atoms with Crippen molar-refractivity contribution in [2.24, 2.45) is 0 Å². The van der Waals surface area contributed by atoms with Gasteiger partial charge in [0.2, 0.25) is 0 Å². The zero-order chi connectivity index (χ0) is 15.5. The fourth-order valence-corrected chi connectivity index (χ4v) is 2.95. The average molecular weight is 304 g/mol. The molecule has 0 saturated carbocycles. The number of thiazole rings is 1. The van der Waals surface area contributed by atoms with Crippen LogP contribution in [0.2, 0.25) is 0 Å². The monoisotopic (exact) mass is 304 g/mol. The Hall–Kier alpha value is -1.39. The Labute approximate surface area is 131 Å². The second-order valence-electron chi connectivity index (χ2n) is 6.05. The number of nitrogens with one attached hydrogen (secondary N) is 1. The molecule has 21 heavy (non-hydrogen) atoms. The first-order valence-electron chi connectivity index (χ1n) is 7.32. The lowest BCUT2D eigenvalue weighted by Crippen LogP contribution is -2.11. The quantitative estimate of drug-likeness (QED) is 0.898. The minimum atomic E-state index is 0.114. The second kappa shape index (κ2) is 6.58. The number of hydrogen-bond donors (Lipinski definition) is 1. The smallest absolute Gasteiger partial charge is 0.128 e. The van der Waals surface area contributed by atoms with Crippen LogP contribution in [-0.2, 0) is 12.0 Å². The van der Waals surface area contributed by atoms with Gasteiger partial charge in [-0.1, -0.05) is 26.8 Å². The van der Waals surface area contributed by atoms with Crippen LogP contribution in [0.25, 0.3) is 11.3 Å². The van der Waals surface area contributed by atoms with Gasteiger partial charge in [-0.25, -0.2) is 4.98 Å². The van der Waals surface area contributed by atoms with Crippen LogP contribution >= 0.6 is 11.3 Å². The van der Waals surface area contributed by atoms with Crippen molar-refractivity contribution in [1.29, 1.82) is 0 Å². The lowest BCUT2D eigenvalue weighted by atomic mass is 9.86. The van der Waals surface area contributed by atoms with E-state index in [0.717, 1.165) is 28.6 Å². The zero-order valence-electron chi connectivity index (χ0n) is 13.5. The molecule has 114 valence electrons. The van der Waals surface area contributed by atoms with Crippen molar-refractivity contribution >= 4 is 11.3 Å². The van der Waals surface area contributed by atoms with Crippen molar-refractivity contribution in [2.45, 2.75) is 39.7 Å². The summed E-state index contributed by atoms with van der Waals surface area (Å²) in [6, 6.07) is 6.43. The van der Waals surface area contributed by atoms with E-state index < -0.39 is 0 Å². The van der Waals surface area contributed by atoms with E-state index in [0.29, 0.717) is 6.61 Å². The first kappa shape index (κ1) is 16.0. The van der Waals surface area contributed by atoms with Crippen molar-refractivity contribution in [3.8, 4) is 17.0 Å². The van der Waals surface area contributed by atoms with Crippen LogP contribution in [0.15, 0.2) is 23.6 Å². The second-order valence-corrected chi connectivity index (χ2v) is 6.99. The van der Waals surface area contributed by atoms with Crippen LogP contribution in [0.3, 0.4) is 0 Å². The van der Waals surface area contributed by atoms with E-state index in [1.54, 1.807) is 11.3 Å². The Morgan fingerprint density at radius 2 is 2.05 bits per heavy atom. The largest absolute Gasteiger partial charge is 0.493 e. The minimum absolute atomic E-state index is 0.114. The molecule has 0 bridgehead atoms. The van der Waals surface area contributed by atoms with E-state index in [1.807, 2.05) is 14.0 Å². The van der Waals surface area contributed by atoms with Crippen LogP contribution in [-0.4, -0.2) is 18.6 Å². The molecule has 0 aliphatic carbocycles. The zero-order valence-corrected chi connectivity index (χ0v) is 14.3. The highest BCUT2D eigenvalue weighted by Crippen LogP contribution is 2.35. The van der Waals surface area contributed by atoms with Crippen molar-refractivity contribution in [1.82, 2.24) is 10.3 Å². The highest BCUT2D eigenvalue weighted by Gasteiger charge is 2.18. The minimum Gasteiger partial charge on any atom is -0.493 e. The van der Waals surface area contributed by atoms with Crippen molar-refractivity contribution in [3.63, 3.8) is 0 Å². The van der Waals surface area contributed by atoms with Gasteiger partial charge in [0.05, 0.1) is 12.3 Å². The molecule has 0 amide bonds. The van der Waals surface area contributed by atoms with E-state index in [9.17, 15) is 0 Å². The summed E-state index contributed by atoms with van der Waals surface area (Å²) in [6.45, 7) is 10.1. The van der Waals surface area contributed by atoms with Gasteiger partial charge in [0.1, 0.15) is 10.8 Å². The molecule has 0 aliphatic rings.